The van der Waals surface area contributed by atoms with E-state index in [1.54, 1.807) is 11.3 Å². The summed E-state index contributed by atoms with van der Waals surface area (Å²) in [5, 5.41) is 13.2. The second kappa shape index (κ2) is 7.77. The molecular weight excluding hydrogens is 356 g/mol. The van der Waals surface area contributed by atoms with Crippen molar-refractivity contribution in [2.45, 2.75) is 38.8 Å². The summed E-state index contributed by atoms with van der Waals surface area (Å²) in [5.74, 6) is -0.104. The summed E-state index contributed by atoms with van der Waals surface area (Å²) in [6, 6.07) is 12.5. The number of carbonyl (C=O) groups excluding carboxylic acids is 1. The minimum atomic E-state index is -0.104. The van der Waals surface area contributed by atoms with Crippen LogP contribution in [0, 0.1) is 11.3 Å². The van der Waals surface area contributed by atoms with E-state index in [4.69, 9.17) is 0 Å². The number of fused-ring (bicyclic) bond motifs is 1. The summed E-state index contributed by atoms with van der Waals surface area (Å²) in [7, 11) is 0. The molecule has 5 nitrogen and oxygen atoms in total. The van der Waals surface area contributed by atoms with Gasteiger partial charge in [0.05, 0.1) is 5.56 Å². The van der Waals surface area contributed by atoms with E-state index < -0.39 is 0 Å². The molecule has 0 atom stereocenters. The summed E-state index contributed by atoms with van der Waals surface area (Å²) in [5.41, 5.74) is 3.02. The van der Waals surface area contributed by atoms with Crippen LogP contribution in [0.5, 0.6) is 0 Å². The Morgan fingerprint density at radius 1 is 1.26 bits per heavy atom. The molecule has 1 aromatic carbocycles. The Balaban J connectivity index is 1.42. The number of aryl methyl sites for hydroxylation is 1. The van der Waals surface area contributed by atoms with Gasteiger partial charge in [-0.1, -0.05) is 30.3 Å². The lowest BCUT2D eigenvalue weighted by molar-refractivity contribution is -0.687. The molecule has 1 aliphatic carbocycles. The molecule has 0 spiro atoms. The van der Waals surface area contributed by atoms with E-state index >= 15 is 0 Å². The van der Waals surface area contributed by atoms with Crippen molar-refractivity contribution in [3.8, 4) is 6.07 Å². The monoisotopic (exact) mass is 377 g/mol. The van der Waals surface area contributed by atoms with Crippen LogP contribution in [0.3, 0.4) is 0 Å². The Kier molecular flexibility index (Phi) is 5.03. The molecule has 0 fully saturated rings. The highest BCUT2D eigenvalue weighted by Crippen LogP contribution is 2.37. The molecule has 6 heteroatoms. The number of carbonyl (C=O) groups is 1. The fourth-order valence-electron chi connectivity index (χ4n) is 3.52. The van der Waals surface area contributed by atoms with E-state index in [-0.39, 0.29) is 12.5 Å². The maximum atomic E-state index is 12.5. The fraction of sp³-hybridized carbons (Fsp3) is 0.286. The number of amides is 1. The predicted octanol–water partition coefficient (Wildman–Crippen LogP) is 3.27. The lowest BCUT2D eigenvalue weighted by Crippen LogP contribution is -2.32. The summed E-state index contributed by atoms with van der Waals surface area (Å²) in [6.07, 6.45) is 10.0. The van der Waals surface area contributed by atoms with Crippen molar-refractivity contribution in [3.05, 3.63) is 70.6 Å². The molecule has 2 heterocycles. The van der Waals surface area contributed by atoms with Crippen molar-refractivity contribution in [2.24, 2.45) is 0 Å². The van der Waals surface area contributed by atoms with Crippen molar-refractivity contribution in [1.29, 1.82) is 5.26 Å². The zero-order chi connectivity index (χ0) is 18.6. The molecule has 1 aliphatic rings. The Hall–Kier alpha value is -2.91. The average Bonchev–Trinajstić information content (AvgIpc) is 3.25. The number of nitrogens with zero attached hydrogens (tertiary/aromatic N) is 3. The maximum Gasteiger partial charge on any atom is 0.267 e. The summed E-state index contributed by atoms with van der Waals surface area (Å²) < 4.78 is 3.91. The molecule has 0 saturated carbocycles. The smallest absolute Gasteiger partial charge is 0.267 e. The van der Waals surface area contributed by atoms with Crippen LogP contribution in [0.4, 0.5) is 5.00 Å². The van der Waals surface area contributed by atoms with Crippen molar-refractivity contribution >= 4 is 22.2 Å². The van der Waals surface area contributed by atoms with Crippen LogP contribution in [0.15, 0.2) is 49.1 Å². The van der Waals surface area contributed by atoms with Gasteiger partial charge in [-0.25, -0.2) is 9.13 Å². The van der Waals surface area contributed by atoms with E-state index in [0.29, 0.717) is 10.6 Å². The molecule has 1 amide bonds. The van der Waals surface area contributed by atoms with Crippen LogP contribution in [0.25, 0.3) is 0 Å². The molecule has 0 aliphatic heterocycles. The van der Waals surface area contributed by atoms with Gasteiger partial charge in [0, 0.05) is 4.88 Å². The van der Waals surface area contributed by atoms with Crippen molar-refractivity contribution in [3.63, 3.8) is 0 Å². The second-order valence-electron chi connectivity index (χ2n) is 6.82. The van der Waals surface area contributed by atoms with Gasteiger partial charge < -0.3 is 5.32 Å². The van der Waals surface area contributed by atoms with Gasteiger partial charge in [-0.15, -0.1) is 11.3 Å². The normalized spacial score (nSPS) is 13.0. The van der Waals surface area contributed by atoms with Gasteiger partial charge in [0.2, 0.25) is 6.33 Å². The third-order valence-electron chi connectivity index (χ3n) is 4.82. The van der Waals surface area contributed by atoms with Crippen LogP contribution in [-0.2, 0) is 30.7 Å². The zero-order valence-corrected chi connectivity index (χ0v) is 15.8. The van der Waals surface area contributed by atoms with Crippen LogP contribution >= 0.6 is 11.3 Å². The number of nitriles is 1. The van der Waals surface area contributed by atoms with Gasteiger partial charge in [0.15, 0.2) is 6.54 Å². The first-order valence-corrected chi connectivity index (χ1v) is 9.98. The van der Waals surface area contributed by atoms with Gasteiger partial charge in [-0.05, 0) is 36.8 Å². The van der Waals surface area contributed by atoms with E-state index in [2.05, 4.69) is 23.5 Å². The van der Waals surface area contributed by atoms with Gasteiger partial charge in [-0.3, -0.25) is 4.79 Å². The SMILES string of the molecule is N#Cc1c(NC(=O)Cn2cc[n+](Cc3ccccc3)c2)sc2c1CCCC2. The Labute approximate surface area is 162 Å². The highest BCUT2D eigenvalue weighted by molar-refractivity contribution is 7.16. The number of thiophene rings is 1. The second-order valence-corrected chi connectivity index (χ2v) is 7.92. The largest absolute Gasteiger partial charge is 0.313 e. The highest BCUT2D eigenvalue weighted by Gasteiger charge is 2.22. The Bertz CT molecular complexity index is 997. The minimum absolute atomic E-state index is 0.104. The highest BCUT2D eigenvalue weighted by atomic mass is 32.1. The summed E-state index contributed by atoms with van der Waals surface area (Å²) >= 11 is 1.56. The van der Waals surface area contributed by atoms with Gasteiger partial charge in [0.1, 0.15) is 30.0 Å². The third kappa shape index (κ3) is 3.93. The van der Waals surface area contributed by atoms with Gasteiger partial charge >= 0.3 is 0 Å². The lowest BCUT2D eigenvalue weighted by atomic mass is 9.96. The molecule has 2 aromatic heterocycles. The van der Waals surface area contributed by atoms with Crippen molar-refractivity contribution < 1.29 is 9.36 Å². The van der Waals surface area contributed by atoms with Crippen molar-refractivity contribution in [2.75, 3.05) is 5.32 Å². The molecule has 136 valence electrons. The number of rotatable bonds is 5. The Morgan fingerprint density at radius 2 is 2.07 bits per heavy atom. The summed E-state index contributed by atoms with van der Waals surface area (Å²) in [4.78, 5) is 13.7. The third-order valence-corrected chi connectivity index (χ3v) is 6.02. The molecule has 27 heavy (non-hydrogen) atoms. The number of hydrogen-bond donors (Lipinski definition) is 1. The number of anilines is 1. The maximum absolute atomic E-state index is 12.5. The molecule has 0 radical (unpaired) electrons. The molecule has 0 bridgehead atoms. The molecular formula is C21H21N4OS+. The lowest BCUT2D eigenvalue weighted by Gasteiger charge is -2.09. The van der Waals surface area contributed by atoms with Gasteiger partial charge in [-0.2, -0.15) is 5.26 Å². The first kappa shape index (κ1) is 17.5. The Morgan fingerprint density at radius 3 is 2.89 bits per heavy atom. The first-order chi connectivity index (χ1) is 13.2. The van der Waals surface area contributed by atoms with Crippen molar-refractivity contribution in [1.82, 2.24) is 4.57 Å². The quantitative estimate of drug-likeness (QED) is 0.694. The van der Waals surface area contributed by atoms with Crippen LogP contribution in [0.2, 0.25) is 0 Å². The number of nitrogens with one attached hydrogen (secondary N) is 1. The van der Waals surface area contributed by atoms with Gasteiger partial charge in [0.25, 0.3) is 5.91 Å². The van der Waals surface area contributed by atoms with E-state index in [9.17, 15) is 10.1 Å². The number of aromatic nitrogens is 2. The van der Waals surface area contributed by atoms with Crippen LogP contribution < -0.4 is 9.88 Å². The van der Waals surface area contributed by atoms with Crippen LogP contribution in [0.1, 0.15) is 34.4 Å². The average molecular weight is 377 g/mol. The molecule has 1 N–H and O–H groups in total. The molecule has 3 aromatic rings. The molecule has 0 saturated heterocycles. The van der Waals surface area contributed by atoms with E-state index in [0.717, 1.165) is 37.8 Å². The van der Waals surface area contributed by atoms with Crippen LogP contribution in [-0.4, -0.2) is 10.5 Å². The van der Waals surface area contributed by atoms with E-state index in [1.165, 1.54) is 10.4 Å². The standard InChI is InChI=1S/C21H20N4OS/c22-12-18-17-8-4-5-9-19(17)27-21(18)23-20(26)14-25-11-10-24(15-25)13-16-6-2-1-3-7-16/h1-3,6-7,10-11,15H,4-5,8-9,13-14H2/p+1. The minimum Gasteiger partial charge on any atom is -0.313 e. The summed E-state index contributed by atoms with van der Waals surface area (Å²) in [6.45, 7) is 1.00. The zero-order valence-electron chi connectivity index (χ0n) is 15.0. The predicted molar refractivity (Wildman–Crippen MR) is 104 cm³/mol. The molecule has 4 rings (SSSR count). The number of imidazole rings is 1. The first-order valence-electron chi connectivity index (χ1n) is 9.16. The number of hydrogen-bond acceptors (Lipinski definition) is 3. The number of benzene rings is 1. The van der Waals surface area contributed by atoms with E-state index in [1.807, 2.05) is 46.1 Å². The fourth-order valence-corrected chi connectivity index (χ4v) is 4.78. The molecule has 0 unspecified atom stereocenters. The topological polar surface area (TPSA) is 61.7 Å².